The van der Waals surface area contributed by atoms with Crippen LogP contribution in [0.15, 0.2) is 4.99 Å². The van der Waals surface area contributed by atoms with Crippen LogP contribution in [0, 0.1) is 5.92 Å². The quantitative estimate of drug-likeness (QED) is 0.181. The Labute approximate surface area is 169 Å². The van der Waals surface area contributed by atoms with Crippen LogP contribution in [0.25, 0.3) is 0 Å². The maximum atomic E-state index is 12.0. The van der Waals surface area contributed by atoms with Crippen molar-refractivity contribution >= 4 is 35.9 Å². The summed E-state index contributed by atoms with van der Waals surface area (Å²) in [5, 5.41) is 3.41. The van der Waals surface area contributed by atoms with Crippen LogP contribution in [-0.4, -0.2) is 88.9 Å². The maximum absolute atomic E-state index is 12.0. The number of aliphatic imine (C=N–C) groups is 1. The van der Waals surface area contributed by atoms with Gasteiger partial charge in [0.2, 0.25) is 0 Å². The van der Waals surface area contributed by atoms with Crippen molar-refractivity contribution in [1.29, 1.82) is 0 Å². The Bertz CT molecular complexity index is 396. The van der Waals surface area contributed by atoms with Gasteiger partial charge in [-0.05, 0) is 39.8 Å². The zero-order valence-electron chi connectivity index (χ0n) is 16.1. The molecule has 0 aliphatic carbocycles. The number of esters is 1. The van der Waals surface area contributed by atoms with Crippen LogP contribution in [-0.2, 0) is 14.3 Å². The van der Waals surface area contributed by atoms with Crippen molar-refractivity contribution in [3.05, 3.63) is 0 Å². The minimum atomic E-state index is -0.0857. The van der Waals surface area contributed by atoms with Gasteiger partial charge in [-0.2, -0.15) is 0 Å². The monoisotopic (exact) mass is 470 g/mol. The van der Waals surface area contributed by atoms with Crippen LogP contribution in [0.4, 0.5) is 0 Å². The standard InChI is InChI=1S/C17H34N4O3.HI/c1-5-24-16(22)15-8-6-11-21(14-15)17(18-2)19-9-7-10-20(3)12-13-23-4;/h15H,5-14H2,1-4H3,(H,18,19);1H. The van der Waals surface area contributed by atoms with Gasteiger partial charge in [0.1, 0.15) is 0 Å². The SMILES string of the molecule is CCOC(=O)C1CCCN(C(=NC)NCCCN(C)CCOC)C1.I. The van der Waals surface area contributed by atoms with E-state index in [0.29, 0.717) is 13.2 Å². The molecule has 0 bridgehead atoms. The predicted octanol–water partition coefficient (Wildman–Crippen LogP) is 1.42. The summed E-state index contributed by atoms with van der Waals surface area (Å²) < 4.78 is 10.2. The molecule has 0 amide bonds. The van der Waals surface area contributed by atoms with Crippen molar-refractivity contribution in [2.75, 3.05) is 67.1 Å². The molecule has 1 saturated heterocycles. The van der Waals surface area contributed by atoms with Gasteiger partial charge in [0, 0.05) is 40.3 Å². The summed E-state index contributed by atoms with van der Waals surface area (Å²) in [4.78, 5) is 20.7. The minimum absolute atomic E-state index is 0. The molecule has 0 aromatic rings. The normalized spacial score (nSPS) is 18.0. The highest BCUT2D eigenvalue weighted by molar-refractivity contribution is 14.0. The van der Waals surface area contributed by atoms with E-state index in [0.717, 1.165) is 58.0 Å². The molecule has 8 heteroatoms. The highest BCUT2D eigenvalue weighted by Crippen LogP contribution is 2.18. The van der Waals surface area contributed by atoms with Crippen molar-refractivity contribution in [2.24, 2.45) is 10.9 Å². The number of guanidine groups is 1. The fourth-order valence-electron chi connectivity index (χ4n) is 2.86. The molecular weight excluding hydrogens is 435 g/mol. The largest absolute Gasteiger partial charge is 0.466 e. The van der Waals surface area contributed by atoms with Gasteiger partial charge in [-0.3, -0.25) is 9.79 Å². The third-order valence-electron chi connectivity index (χ3n) is 4.23. The van der Waals surface area contributed by atoms with Crippen LogP contribution < -0.4 is 5.32 Å². The average molecular weight is 470 g/mol. The van der Waals surface area contributed by atoms with Crippen LogP contribution >= 0.6 is 24.0 Å². The fourth-order valence-corrected chi connectivity index (χ4v) is 2.86. The maximum Gasteiger partial charge on any atom is 0.310 e. The van der Waals surface area contributed by atoms with Gasteiger partial charge in [-0.25, -0.2) is 0 Å². The number of ether oxygens (including phenoxy) is 2. The van der Waals surface area contributed by atoms with Gasteiger partial charge in [0.25, 0.3) is 0 Å². The smallest absolute Gasteiger partial charge is 0.310 e. The lowest BCUT2D eigenvalue weighted by Crippen LogP contribution is -2.48. The van der Waals surface area contributed by atoms with Crippen molar-refractivity contribution in [1.82, 2.24) is 15.1 Å². The first-order valence-electron chi connectivity index (χ1n) is 8.92. The van der Waals surface area contributed by atoms with Crippen molar-refractivity contribution in [3.8, 4) is 0 Å². The van der Waals surface area contributed by atoms with Crippen LogP contribution in [0.3, 0.4) is 0 Å². The molecule has 1 aliphatic rings. The second-order valence-electron chi connectivity index (χ2n) is 6.16. The van der Waals surface area contributed by atoms with Gasteiger partial charge in [-0.15, -0.1) is 24.0 Å². The van der Waals surface area contributed by atoms with Gasteiger partial charge in [0.15, 0.2) is 5.96 Å². The number of carbonyl (C=O) groups is 1. The summed E-state index contributed by atoms with van der Waals surface area (Å²) in [5.41, 5.74) is 0. The first-order chi connectivity index (χ1) is 11.6. The molecule has 0 aromatic carbocycles. The molecule has 1 atom stereocenters. The molecule has 1 rings (SSSR count). The van der Waals surface area contributed by atoms with Crippen LogP contribution in [0.2, 0.25) is 0 Å². The van der Waals surface area contributed by atoms with Crippen molar-refractivity contribution in [3.63, 3.8) is 0 Å². The lowest BCUT2D eigenvalue weighted by Gasteiger charge is -2.34. The zero-order valence-corrected chi connectivity index (χ0v) is 18.5. The van der Waals surface area contributed by atoms with E-state index < -0.39 is 0 Å². The van der Waals surface area contributed by atoms with Crippen LogP contribution in [0.5, 0.6) is 0 Å². The number of likely N-dealkylation sites (N-methyl/N-ethyl adjacent to an activating group) is 1. The molecule has 7 nitrogen and oxygen atoms in total. The molecular formula is C17H35IN4O3. The summed E-state index contributed by atoms with van der Waals surface area (Å²) in [6.07, 6.45) is 2.93. The Kier molecular flexibility index (Phi) is 14.2. The van der Waals surface area contributed by atoms with Gasteiger partial charge in [-0.1, -0.05) is 0 Å². The van der Waals surface area contributed by atoms with Gasteiger partial charge in [0.05, 0.1) is 19.1 Å². The predicted molar refractivity (Wildman–Crippen MR) is 112 cm³/mol. The Hall–Kier alpha value is -0.610. The Balaban J connectivity index is 0.00000576. The summed E-state index contributed by atoms with van der Waals surface area (Å²) in [7, 11) is 5.62. The number of hydrogen-bond acceptors (Lipinski definition) is 5. The van der Waals surface area contributed by atoms with Gasteiger partial charge < -0.3 is 24.6 Å². The second-order valence-corrected chi connectivity index (χ2v) is 6.16. The van der Waals surface area contributed by atoms with E-state index >= 15 is 0 Å². The van der Waals surface area contributed by atoms with E-state index in [-0.39, 0.29) is 35.9 Å². The van der Waals surface area contributed by atoms with E-state index in [4.69, 9.17) is 9.47 Å². The highest BCUT2D eigenvalue weighted by atomic mass is 127. The number of likely N-dealkylation sites (tertiary alicyclic amines) is 1. The number of nitrogens with one attached hydrogen (secondary N) is 1. The Morgan fingerprint density at radius 1 is 1.40 bits per heavy atom. The molecule has 1 aliphatic heterocycles. The number of hydrogen-bond donors (Lipinski definition) is 1. The highest BCUT2D eigenvalue weighted by Gasteiger charge is 2.28. The molecule has 1 fully saturated rings. The van der Waals surface area contributed by atoms with Gasteiger partial charge >= 0.3 is 5.97 Å². The lowest BCUT2D eigenvalue weighted by atomic mass is 9.98. The second kappa shape index (κ2) is 14.5. The summed E-state index contributed by atoms with van der Waals surface area (Å²) in [5.74, 6) is 0.749. The molecule has 0 aromatic heterocycles. The van der Waals surface area contributed by atoms with Crippen molar-refractivity contribution in [2.45, 2.75) is 26.2 Å². The molecule has 148 valence electrons. The number of methoxy groups -OCH3 is 1. The molecule has 1 heterocycles. The third-order valence-corrected chi connectivity index (χ3v) is 4.23. The zero-order chi connectivity index (χ0) is 17.8. The topological polar surface area (TPSA) is 66.4 Å². The lowest BCUT2D eigenvalue weighted by molar-refractivity contribution is -0.149. The summed E-state index contributed by atoms with van der Waals surface area (Å²) >= 11 is 0. The third kappa shape index (κ3) is 9.60. The number of carbonyl (C=O) groups excluding carboxylic acids is 1. The Morgan fingerprint density at radius 2 is 2.16 bits per heavy atom. The molecule has 0 saturated carbocycles. The van der Waals surface area contributed by atoms with Crippen LogP contribution in [0.1, 0.15) is 26.2 Å². The fraction of sp³-hybridized carbons (Fsp3) is 0.882. The minimum Gasteiger partial charge on any atom is -0.466 e. The molecule has 0 radical (unpaired) electrons. The molecule has 1 unspecified atom stereocenters. The number of rotatable bonds is 9. The molecule has 25 heavy (non-hydrogen) atoms. The number of piperidine rings is 1. The molecule has 1 N–H and O–H groups in total. The van der Waals surface area contributed by atoms with E-state index in [9.17, 15) is 4.79 Å². The molecule has 0 spiro atoms. The average Bonchev–Trinajstić information content (AvgIpc) is 2.60. The summed E-state index contributed by atoms with van der Waals surface area (Å²) in [6.45, 7) is 7.49. The first-order valence-corrected chi connectivity index (χ1v) is 8.92. The summed E-state index contributed by atoms with van der Waals surface area (Å²) in [6, 6.07) is 0. The van der Waals surface area contributed by atoms with Crippen molar-refractivity contribution < 1.29 is 14.3 Å². The first kappa shape index (κ1) is 24.4. The van der Waals surface area contributed by atoms with E-state index in [1.165, 1.54) is 0 Å². The number of halogens is 1. The van der Waals surface area contributed by atoms with E-state index in [1.807, 2.05) is 6.92 Å². The number of nitrogens with zero attached hydrogens (tertiary/aromatic N) is 3. The Morgan fingerprint density at radius 3 is 2.80 bits per heavy atom. The van der Waals surface area contributed by atoms with E-state index in [2.05, 4.69) is 27.2 Å². The van der Waals surface area contributed by atoms with E-state index in [1.54, 1.807) is 14.2 Å².